The molecule has 0 heterocycles. The molecule has 1 atom stereocenters. The molecule has 0 bridgehead atoms. The number of nitro benzene ring substituents is 1. The zero-order chi connectivity index (χ0) is 14.5. The predicted octanol–water partition coefficient (Wildman–Crippen LogP) is 4.21. The van der Waals surface area contributed by atoms with Crippen LogP contribution in [0, 0.1) is 10.1 Å². The van der Waals surface area contributed by atoms with E-state index >= 15 is 0 Å². The molecule has 2 aromatic carbocycles. The fourth-order valence-corrected chi connectivity index (χ4v) is 2.52. The average molecular weight is 335 g/mol. The molecule has 0 aromatic heterocycles. The van der Waals surface area contributed by atoms with Crippen LogP contribution in [0.4, 0.5) is 5.69 Å². The summed E-state index contributed by atoms with van der Waals surface area (Å²) in [5.74, 6) is 0. The fourth-order valence-electron chi connectivity index (χ4n) is 1.97. The molecule has 0 aliphatic carbocycles. The maximum absolute atomic E-state index is 10.9. The van der Waals surface area contributed by atoms with Crippen molar-refractivity contribution in [2.75, 3.05) is 0 Å². The van der Waals surface area contributed by atoms with E-state index in [2.05, 4.69) is 40.3 Å². The Morgan fingerprint density at radius 3 is 2.55 bits per heavy atom. The van der Waals surface area contributed by atoms with E-state index in [1.54, 1.807) is 6.07 Å². The number of hydrogen-bond donors (Lipinski definition) is 1. The zero-order valence-corrected chi connectivity index (χ0v) is 12.6. The highest BCUT2D eigenvalue weighted by molar-refractivity contribution is 9.10. The Morgan fingerprint density at radius 1 is 1.20 bits per heavy atom. The summed E-state index contributed by atoms with van der Waals surface area (Å²) in [5, 5.41) is 14.3. The summed E-state index contributed by atoms with van der Waals surface area (Å²) in [6.07, 6.45) is 0. The molecule has 0 aliphatic rings. The number of nitrogens with one attached hydrogen (secondary N) is 1. The van der Waals surface area contributed by atoms with Crippen molar-refractivity contribution in [3.63, 3.8) is 0 Å². The van der Waals surface area contributed by atoms with Crippen molar-refractivity contribution in [2.45, 2.75) is 19.5 Å². The first-order valence-electron chi connectivity index (χ1n) is 6.29. The van der Waals surface area contributed by atoms with Gasteiger partial charge >= 0.3 is 0 Å². The van der Waals surface area contributed by atoms with E-state index in [-0.39, 0.29) is 16.7 Å². The highest BCUT2D eigenvalue weighted by atomic mass is 79.9. The Bertz CT molecular complexity index is 602. The fraction of sp³-hybridized carbons (Fsp3) is 0.200. The third-order valence-electron chi connectivity index (χ3n) is 3.15. The summed E-state index contributed by atoms with van der Waals surface area (Å²) in [7, 11) is 0. The summed E-state index contributed by atoms with van der Waals surface area (Å²) in [5.41, 5.74) is 2.16. The molecule has 0 fully saturated rings. The van der Waals surface area contributed by atoms with Crippen LogP contribution in [-0.4, -0.2) is 4.92 Å². The monoisotopic (exact) mass is 334 g/mol. The van der Waals surface area contributed by atoms with Gasteiger partial charge in [-0.05, 0) is 34.0 Å². The third kappa shape index (κ3) is 3.43. The van der Waals surface area contributed by atoms with E-state index in [4.69, 9.17) is 0 Å². The minimum Gasteiger partial charge on any atom is -0.306 e. The van der Waals surface area contributed by atoms with Gasteiger partial charge < -0.3 is 5.32 Å². The van der Waals surface area contributed by atoms with Gasteiger partial charge in [0.15, 0.2) is 0 Å². The van der Waals surface area contributed by atoms with Gasteiger partial charge in [0.05, 0.1) is 9.40 Å². The van der Waals surface area contributed by atoms with E-state index in [0.717, 1.165) is 5.56 Å². The highest BCUT2D eigenvalue weighted by Gasteiger charge is 2.15. The van der Waals surface area contributed by atoms with Gasteiger partial charge in [-0.25, -0.2) is 0 Å². The predicted molar refractivity (Wildman–Crippen MR) is 82.5 cm³/mol. The Hall–Kier alpha value is -1.72. The topological polar surface area (TPSA) is 55.2 Å². The van der Waals surface area contributed by atoms with Crippen molar-refractivity contribution in [1.29, 1.82) is 0 Å². The Balaban J connectivity index is 2.08. The Morgan fingerprint density at radius 2 is 1.90 bits per heavy atom. The molecule has 2 aromatic rings. The molecule has 104 valence electrons. The standard InChI is InChI=1S/C15H15BrN2O2/c1-11(12-6-3-2-4-7-12)17-10-13-8-5-9-14(15(13)16)18(19)20/h2-9,11,17H,10H2,1H3/t11-/m1/s1. The molecule has 0 saturated carbocycles. The van der Waals surface area contributed by atoms with Crippen molar-refractivity contribution >= 4 is 21.6 Å². The summed E-state index contributed by atoms with van der Waals surface area (Å²) < 4.78 is 0.540. The van der Waals surface area contributed by atoms with Gasteiger partial charge in [0.2, 0.25) is 0 Å². The highest BCUT2D eigenvalue weighted by Crippen LogP contribution is 2.28. The second-order valence-electron chi connectivity index (χ2n) is 4.52. The van der Waals surface area contributed by atoms with Crippen molar-refractivity contribution in [1.82, 2.24) is 5.32 Å². The molecule has 1 N–H and O–H groups in total. The molecule has 0 unspecified atom stereocenters. The number of nitro groups is 1. The summed E-state index contributed by atoms with van der Waals surface area (Å²) in [4.78, 5) is 10.5. The minimum absolute atomic E-state index is 0.0941. The van der Waals surface area contributed by atoms with Gasteiger partial charge in [-0.1, -0.05) is 42.5 Å². The maximum Gasteiger partial charge on any atom is 0.283 e. The van der Waals surface area contributed by atoms with Crippen LogP contribution in [0.5, 0.6) is 0 Å². The number of hydrogen-bond acceptors (Lipinski definition) is 3. The van der Waals surface area contributed by atoms with Crippen LogP contribution in [0.15, 0.2) is 53.0 Å². The summed E-state index contributed by atoms with van der Waals surface area (Å²) in [6, 6.07) is 15.3. The minimum atomic E-state index is -0.381. The third-order valence-corrected chi connectivity index (χ3v) is 4.07. The van der Waals surface area contributed by atoms with Crippen LogP contribution in [0.25, 0.3) is 0 Å². The summed E-state index contributed by atoms with van der Waals surface area (Å²) >= 11 is 3.31. The molecule has 0 radical (unpaired) electrons. The molecular formula is C15H15BrN2O2. The lowest BCUT2D eigenvalue weighted by Gasteiger charge is -2.15. The Labute approximate surface area is 126 Å². The molecule has 0 aliphatic heterocycles. The van der Waals surface area contributed by atoms with Crippen molar-refractivity contribution in [3.05, 3.63) is 74.2 Å². The average Bonchev–Trinajstić information content (AvgIpc) is 2.46. The van der Waals surface area contributed by atoms with E-state index in [0.29, 0.717) is 11.0 Å². The van der Waals surface area contributed by atoms with E-state index in [1.807, 2.05) is 24.3 Å². The molecule has 5 heteroatoms. The number of nitrogens with zero attached hydrogens (tertiary/aromatic N) is 1. The van der Waals surface area contributed by atoms with Gasteiger partial charge in [0.25, 0.3) is 5.69 Å². The van der Waals surface area contributed by atoms with Crippen LogP contribution in [0.3, 0.4) is 0 Å². The molecule has 2 rings (SSSR count). The molecule has 20 heavy (non-hydrogen) atoms. The number of benzene rings is 2. The van der Waals surface area contributed by atoms with E-state index in [9.17, 15) is 10.1 Å². The smallest absolute Gasteiger partial charge is 0.283 e. The van der Waals surface area contributed by atoms with Gasteiger partial charge in [-0.2, -0.15) is 0 Å². The van der Waals surface area contributed by atoms with Crippen molar-refractivity contribution in [2.24, 2.45) is 0 Å². The van der Waals surface area contributed by atoms with Crippen molar-refractivity contribution in [3.8, 4) is 0 Å². The SMILES string of the molecule is C[C@@H](NCc1cccc([N+](=O)[O-])c1Br)c1ccccc1. The maximum atomic E-state index is 10.9. The second kappa shape index (κ2) is 6.63. The molecule has 0 saturated heterocycles. The van der Waals surface area contributed by atoms with Crippen LogP contribution in [0.1, 0.15) is 24.1 Å². The number of rotatable bonds is 5. The first kappa shape index (κ1) is 14.7. The van der Waals surface area contributed by atoms with Crippen LogP contribution < -0.4 is 5.32 Å². The molecule has 0 amide bonds. The molecular weight excluding hydrogens is 320 g/mol. The lowest BCUT2D eigenvalue weighted by molar-refractivity contribution is -0.385. The van der Waals surface area contributed by atoms with E-state index in [1.165, 1.54) is 11.6 Å². The second-order valence-corrected chi connectivity index (χ2v) is 5.31. The van der Waals surface area contributed by atoms with Crippen molar-refractivity contribution < 1.29 is 4.92 Å². The first-order chi connectivity index (χ1) is 9.59. The summed E-state index contributed by atoms with van der Waals surface area (Å²) in [6.45, 7) is 2.64. The Kier molecular flexibility index (Phi) is 4.87. The van der Waals surface area contributed by atoms with Gasteiger partial charge in [-0.15, -0.1) is 0 Å². The van der Waals surface area contributed by atoms with Gasteiger partial charge in [-0.3, -0.25) is 10.1 Å². The van der Waals surface area contributed by atoms with Gasteiger partial charge in [0, 0.05) is 18.7 Å². The van der Waals surface area contributed by atoms with Crippen LogP contribution in [0.2, 0.25) is 0 Å². The van der Waals surface area contributed by atoms with Gasteiger partial charge in [0.1, 0.15) is 0 Å². The molecule has 4 nitrogen and oxygen atoms in total. The lowest BCUT2D eigenvalue weighted by atomic mass is 10.1. The van der Waals surface area contributed by atoms with Crippen LogP contribution in [-0.2, 0) is 6.54 Å². The zero-order valence-electron chi connectivity index (χ0n) is 11.0. The largest absolute Gasteiger partial charge is 0.306 e. The normalized spacial score (nSPS) is 12.1. The van der Waals surface area contributed by atoms with E-state index < -0.39 is 0 Å². The quantitative estimate of drug-likeness (QED) is 0.658. The first-order valence-corrected chi connectivity index (χ1v) is 7.09. The van der Waals surface area contributed by atoms with Crippen LogP contribution >= 0.6 is 15.9 Å². The molecule has 0 spiro atoms. The lowest BCUT2D eigenvalue weighted by Crippen LogP contribution is -2.18. The number of halogens is 1.